The Morgan fingerprint density at radius 1 is 1.06 bits per heavy atom. The number of hydrogen-bond acceptors (Lipinski definition) is 3. The Balaban J connectivity index is 1.60. The van der Waals surface area contributed by atoms with Crippen LogP contribution in [0, 0.1) is 0 Å². The van der Waals surface area contributed by atoms with E-state index in [4.69, 9.17) is 17.3 Å². The van der Waals surface area contributed by atoms with Crippen molar-refractivity contribution >= 4 is 44.7 Å². The van der Waals surface area contributed by atoms with Gasteiger partial charge < -0.3 is 10.2 Å². The van der Waals surface area contributed by atoms with Crippen LogP contribution in [-0.2, 0) is 6.54 Å². The van der Waals surface area contributed by atoms with Crippen molar-refractivity contribution in [3.63, 3.8) is 0 Å². The molecule has 0 amide bonds. The summed E-state index contributed by atoms with van der Waals surface area (Å²) in [5, 5.41) is 10.9. The first-order valence-corrected chi connectivity index (χ1v) is 11.4. The molecular weight excluding hydrogens is 468 g/mol. The van der Waals surface area contributed by atoms with Crippen LogP contribution in [0.4, 0.5) is 5.69 Å². The molecule has 0 aromatic heterocycles. The predicted octanol–water partition coefficient (Wildman–Crippen LogP) is 5.74. The average molecular weight is 493 g/mol. The van der Waals surface area contributed by atoms with E-state index in [1.54, 1.807) is 0 Å². The summed E-state index contributed by atoms with van der Waals surface area (Å²) in [4.78, 5) is 2.10. The highest BCUT2D eigenvalue weighted by Crippen LogP contribution is 2.34. The molecule has 0 unspecified atom stereocenters. The number of benzene rings is 3. The van der Waals surface area contributed by atoms with Crippen molar-refractivity contribution < 1.29 is 0 Å². The van der Waals surface area contributed by atoms with E-state index in [-0.39, 0.29) is 6.04 Å². The molecule has 0 fully saturated rings. The third kappa shape index (κ3) is 5.14. The minimum atomic E-state index is 0.0565. The molecule has 158 valence electrons. The van der Waals surface area contributed by atoms with Gasteiger partial charge in [0, 0.05) is 37.2 Å². The zero-order valence-corrected chi connectivity index (χ0v) is 20.0. The molecule has 0 radical (unpaired) electrons. The Bertz CT molecular complexity index is 1080. The molecule has 0 saturated carbocycles. The van der Waals surface area contributed by atoms with Crippen molar-refractivity contribution in [2.45, 2.75) is 19.0 Å². The van der Waals surface area contributed by atoms with Gasteiger partial charge in [-0.25, -0.2) is 5.01 Å². The Morgan fingerprint density at radius 2 is 1.81 bits per heavy atom. The molecule has 6 heteroatoms. The van der Waals surface area contributed by atoms with Crippen LogP contribution in [0.5, 0.6) is 0 Å². The summed E-state index contributed by atoms with van der Waals surface area (Å²) >= 11 is 9.35. The third-order valence-electron chi connectivity index (χ3n) is 5.36. The molecule has 3 aromatic rings. The number of anilines is 1. The smallest absolute Gasteiger partial charge is 0.190 e. The summed E-state index contributed by atoms with van der Waals surface area (Å²) in [6, 6.07) is 27.2. The van der Waals surface area contributed by atoms with Crippen molar-refractivity contribution in [3.05, 3.63) is 100 Å². The summed E-state index contributed by atoms with van der Waals surface area (Å²) < 4.78 is 1.04. The lowest BCUT2D eigenvalue weighted by Crippen LogP contribution is -2.36. The van der Waals surface area contributed by atoms with Gasteiger partial charge in [-0.05, 0) is 53.2 Å². The molecule has 1 heterocycles. The van der Waals surface area contributed by atoms with Crippen LogP contribution in [0.25, 0.3) is 0 Å². The first-order valence-electron chi connectivity index (χ1n) is 10.2. The largest absolute Gasteiger partial charge is 0.378 e. The summed E-state index contributed by atoms with van der Waals surface area (Å²) in [6.45, 7) is 0.671. The molecule has 1 aliphatic rings. The molecule has 3 aromatic carbocycles. The maximum absolute atomic E-state index is 5.78. The Labute approximate surface area is 197 Å². The van der Waals surface area contributed by atoms with E-state index in [0.717, 1.165) is 22.2 Å². The molecule has 1 aliphatic heterocycles. The predicted molar refractivity (Wildman–Crippen MR) is 137 cm³/mol. The monoisotopic (exact) mass is 492 g/mol. The number of nitrogens with one attached hydrogen (secondary N) is 1. The van der Waals surface area contributed by atoms with Gasteiger partial charge in [0.05, 0.1) is 11.8 Å². The molecule has 4 nitrogen and oxygen atoms in total. The molecule has 0 aliphatic carbocycles. The second kappa shape index (κ2) is 9.62. The van der Waals surface area contributed by atoms with E-state index < -0.39 is 0 Å². The number of rotatable bonds is 5. The molecule has 4 rings (SSSR count). The summed E-state index contributed by atoms with van der Waals surface area (Å²) in [5.74, 6) is 0. The highest BCUT2D eigenvalue weighted by Gasteiger charge is 2.31. The SMILES string of the molecule is CN(C)c1ccc([C@H]2CC(c3cccc(Br)c3)=NN2C(=S)NCc2ccccc2)cc1. The van der Waals surface area contributed by atoms with Crippen molar-refractivity contribution in [1.29, 1.82) is 0 Å². The van der Waals surface area contributed by atoms with Crippen LogP contribution in [0.1, 0.15) is 29.2 Å². The van der Waals surface area contributed by atoms with Gasteiger partial charge in [-0.2, -0.15) is 5.10 Å². The quantitative estimate of drug-likeness (QED) is 0.460. The van der Waals surface area contributed by atoms with Gasteiger partial charge >= 0.3 is 0 Å². The van der Waals surface area contributed by atoms with E-state index in [0.29, 0.717) is 11.7 Å². The molecule has 0 bridgehead atoms. The van der Waals surface area contributed by atoms with Crippen molar-refractivity contribution in [3.8, 4) is 0 Å². The van der Waals surface area contributed by atoms with Crippen LogP contribution in [-0.4, -0.2) is 29.9 Å². The Morgan fingerprint density at radius 3 is 2.48 bits per heavy atom. The minimum Gasteiger partial charge on any atom is -0.378 e. The maximum Gasteiger partial charge on any atom is 0.190 e. The zero-order valence-electron chi connectivity index (χ0n) is 17.6. The Hall–Kier alpha value is -2.70. The fraction of sp³-hybridized carbons (Fsp3) is 0.200. The first kappa shape index (κ1) is 21.5. The molecule has 1 atom stereocenters. The highest BCUT2D eigenvalue weighted by atomic mass is 79.9. The van der Waals surface area contributed by atoms with Crippen molar-refractivity contribution in [2.75, 3.05) is 19.0 Å². The summed E-state index contributed by atoms with van der Waals surface area (Å²) in [7, 11) is 4.10. The maximum atomic E-state index is 5.78. The van der Waals surface area contributed by atoms with Gasteiger partial charge in [-0.15, -0.1) is 0 Å². The average Bonchev–Trinajstić information content (AvgIpc) is 3.24. The number of thiocarbonyl (C=S) groups is 1. The number of hydrogen-bond donors (Lipinski definition) is 1. The molecule has 1 N–H and O–H groups in total. The number of halogens is 1. The van der Waals surface area contributed by atoms with Crippen molar-refractivity contribution in [1.82, 2.24) is 10.3 Å². The van der Waals surface area contributed by atoms with Gasteiger partial charge in [0.25, 0.3) is 0 Å². The van der Waals surface area contributed by atoms with Crippen LogP contribution >= 0.6 is 28.1 Å². The number of nitrogens with zero attached hydrogens (tertiary/aromatic N) is 3. The van der Waals surface area contributed by atoms with E-state index >= 15 is 0 Å². The van der Waals surface area contributed by atoms with Crippen LogP contribution < -0.4 is 10.2 Å². The lowest BCUT2D eigenvalue weighted by atomic mass is 9.98. The van der Waals surface area contributed by atoms with Gasteiger partial charge in [-0.1, -0.05) is 70.5 Å². The lowest BCUT2D eigenvalue weighted by molar-refractivity contribution is 0.364. The standard InChI is InChI=1S/C25H25BrN4S/c1-29(2)22-13-11-19(12-14-22)24-16-23(20-9-6-10-21(26)15-20)28-30(24)25(31)27-17-18-7-4-3-5-8-18/h3-15,24H,16-17H2,1-2H3,(H,27,31)/t24-/m1/s1. The van der Waals surface area contributed by atoms with E-state index in [2.05, 4.69) is 74.7 Å². The molecule has 0 spiro atoms. The number of hydrazone groups is 1. The van der Waals surface area contributed by atoms with Crippen molar-refractivity contribution in [2.24, 2.45) is 5.10 Å². The van der Waals surface area contributed by atoms with Crippen LogP contribution in [0.15, 0.2) is 88.4 Å². The molecule has 31 heavy (non-hydrogen) atoms. The molecule has 0 saturated heterocycles. The fourth-order valence-corrected chi connectivity index (χ4v) is 4.29. The van der Waals surface area contributed by atoms with Crippen LogP contribution in [0.3, 0.4) is 0 Å². The zero-order chi connectivity index (χ0) is 21.8. The minimum absolute atomic E-state index is 0.0565. The normalized spacial score (nSPS) is 15.5. The first-order chi connectivity index (χ1) is 15.0. The van der Waals surface area contributed by atoms with Gasteiger partial charge in [0.1, 0.15) is 0 Å². The summed E-state index contributed by atoms with van der Waals surface area (Å²) in [5.41, 5.74) is 5.70. The van der Waals surface area contributed by atoms with E-state index in [9.17, 15) is 0 Å². The van der Waals surface area contributed by atoms with Gasteiger partial charge in [-0.3, -0.25) is 0 Å². The molecular formula is C25H25BrN4S. The van der Waals surface area contributed by atoms with Gasteiger partial charge in [0.2, 0.25) is 0 Å². The topological polar surface area (TPSA) is 30.9 Å². The second-order valence-corrected chi connectivity index (χ2v) is 9.05. The van der Waals surface area contributed by atoms with E-state index in [1.165, 1.54) is 16.8 Å². The van der Waals surface area contributed by atoms with Gasteiger partial charge in [0.15, 0.2) is 5.11 Å². The second-order valence-electron chi connectivity index (χ2n) is 7.75. The van der Waals surface area contributed by atoms with E-state index in [1.807, 2.05) is 49.4 Å². The fourth-order valence-electron chi connectivity index (χ4n) is 3.65. The highest BCUT2D eigenvalue weighted by molar-refractivity contribution is 9.10. The lowest BCUT2D eigenvalue weighted by Gasteiger charge is -2.25. The summed E-state index contributed by atoms with van der Waals surface area (Å²) in [6.07, 6.45) is 0.797. The Kier molecular flexibility index (Phi) is 6.68. The van der Waals surface area contributed by atoms with Crippen LogP contribution in [0.2, 0.25) is 0 Å². The third-order valence-corrected chi connectivity index (χ3v) is 6.18.